The monoisotopic (exact) mass is 259 g/mol. The largest absolute Gasteiger partial charge is 0.323 e. The van der Waals surface area contributed by atoms with Crippen molar-refractivity contribution in [2.24, 2.45) is 5.92 Å². The molecule has 0 N–H and O–H groups in total. The summed E-state index contributed by atoms with van der Waals surface area (Å²) in [6.07, 6.45) is 0. The van der Waals surface area contributed by atoms with Gasteiger partial charge in [0.2, 0.25) is 0 Å². The van der Waals surface area contributed by atoms with Gasteiger partial charge in [0.25, 0.3) is 0 Å². The van der Waals surface area contributed by atoms with E-state index in [1.54, 1.807) is 6.92 Å². The van der Waals surface area contributed by atoms with E-state index in [-0.39, 0.29) is 44.4 Å². The Morgan fingerprint density at radius 1 is 1.08 bits per heavy atom. The standard InChI is InChI=1S/C7H13O.C4H9.Y/c1-5(2)6(3)7(4)8;1-4(2)3;/h6H,1-4H3;1-3H3;/q2*-1;. The fourth-order valence-corrected chi connectivity index (χ4v) is 0.407. The molecule has 1 radical (unpaired) electrons. The fraction of sp³-hybridized carbons (Fsp3) is 0.727. The quantitative estimate of drug-likeness (QED) is 0.694. The van der Waals surface area contributed by atoms with Crippen LogP contribution in [0.25, 0.3) is 0 Å². The number of hydrogen-bond donors (Lipinski definition) is 0. The number of Topliss-reactive ketones (excluding diaryl/α,β-unsaturated/α-hetero) is 1. The fourth-order valence-electron chi connectivity index (χ4n) is 0.407. The Bertz CT molecular complexity index is 117. The third-order valence-corrected chi connectivity index (χ3v) is 1.48. The van der Waals surface area contributed by atoms with Crippen LogP contribution in [0.5, 0.6) is 0 Å². The van der Waals surface area contributed by atoms with E-state index in [4.69, 9.17) is 0 Å². The minimum Gasteiger partial charge on any atom is -0.323 e. The summed E-state index contributed by atoms with van der Waals surface area (Å²) in [6, 6.07) is 0. The Kier molecular flexibility index (Phi) is 16.2. The molecule has 0 amide bonds. The molecule has 1 unspecified atom stereocenters. The van der Waals surface area contributed by atoms with Crippen molar-refractivity contribution < 1.29 is 37.5 Å². The first-order valence-corrected chi connectivity index (χ1v) is 4.36. The molecule has 0 aromatic rings. The Morgan fingerprint density at radius 2 is 1.31 bits per heavy atom. The van der Waals surface area contributed by atoms with Crippen LogP contribution in [0.1, 0.15) is 48.5 Å². The van der Waals surface area contributed by atoms with Gasteiger partial charge in [-0.25, -0.2) is 0 Å². The zero-order chi connectivity index (χ0) is 10.3. The molecule has 0 aromatic heterocycles. The molecule has 77 valence electrons. The van der Waals surface area contributed by atoms with E-state index >= 15 is 0 Å². The normalized spacial score (nSPS) is 11.5. The molecular formula is C11H22OY-2. The molecule has 0 rings (SSSR count). The molecule has 13 heavy (non-hydrogen) atoms. The summed E-state index contributed by atoms with van der Waals surface area (Å²) >= 11 is 0. The Labute approximate surface area is 109 Å². The van der Waals surface area contributed by atoms with Crippen LogP contribution in [-0.4, -0.2) is 5.78 Å². The molecule has 0 bridgehead atoms. The van der Waals surface area contributed by atoms with Gasteiger partial charge in [-0.15, -0.1) is 5.92 Å². The van der Waals surface area contributed by atoms with Crippen molar-refractivity contribution in [1.29, 1.82) is 0 Å². The molecule has 0 fully saturated rings. The van der Waals surface area contributed by atoms with E-state index in [2.05, 4.69) is 20.8 Å². The van der Waals surface area contributed by atoms with E-state index in [9.17, 15) is 4.79 Å². The van der Waals surface area contributed by atoms with Crippen LogP contribution in [0.3, 0.4) is 0 Å². The Hall–Kier alpha value is 0.774. The van der Waals surface area contributed by atoms with Crippen LogP contribution >= 0.6 is 0 Å². The van der Waals surface area contributed by atoms with Crippen molar-refractivity contribution >= 4 is 5.78 Å². The maximum absolute atomic E-state index is 10.6. The van der Waals surface area contributed by atoms with Crippen molar-refractivity contribution in [1.82, 2.24) is 0 Å². The number of carbonyl (C=O) groups is 1. The summed E-state index contributed by atoms with van der Waals surface area (Å²) in [5.74, 6) is 3.01. The summed E-state index contributed by atoms with van der Waals surface area (Å²) in [4.78, 5) is 10.6. The number of rotatable bonds is 2. The molecule has 0 spiro atoms. The molecule has 2 heteroatoms. The molecule has 0 aliphatic rings. The molecule has 0 heterocycles. The maximum atomic E-state index is 10.6. The van der Waals surface area contributed by atoms with Gasteiger partial charge in [-0.3, -0.25) is 0 Å². The van der Waals surface area contributed by atoms with Gasteiger partial charge in [-0.2, -0.15) is 34.6 Å². The van der Waals surface area contributed by atoms with Crippen LogP contribution in [0.15, 0.2) is 0 Å². The smallest absolute Gasteiger partial charge is 0.103 e. The molecule has 0 aliphatic carbocycles. The van der Waals surface area contributed by atoms with E-state index in [0.717, 1.165) is 0 Å². The first kappa shape index (κ1) is 19.4. The average Bonchev–Trinajstić information content (AvgIpc) is 1.84. The zero-order valence-corrected chi connectivity index (χ0v) is 12.9. The van der Waals surface area contributed by atoms with E-state index < -0.39 is 0 Å². The molecule has 0 aliphatic heterocycles. The number of carbonyl (C=O) groups excluding carboxylic acids is 1. The summed E-state index contributed by atoms with van der Waals surface area (Å²) in [7, 11) is 0. The third-order valence-electron chi connectivity index (χ3n) is 1.48. The van der Waals surface area contributed by atoms with Crippen LogP contribution in [0.4, 0.5) is 0 Å². The first-order valence-electron chi connectivity index (χ1n) is 4.36. The first-order chi connectivity index (χ1) is 5.29. The second-order valence-electron chi connectivity index (χ2n) is 3.91. The van der Waals surface area contributed by atoms with Gasteiger partial charge < -0.3 is 16.6 Å². The van der Waals surface area contributed by atoms with Gasteiger partial charge >= 0.3 is 0 Å². The zero-order valence-electron chi connectivity index (χ0n) is 10.1. The molecule has 1 nitrogen and oxygen atoms in total. The summed E-state index contributed by atoms with van der Waals surface area (Å²) in [5, 5.41) is 0. The van der Waals surface area contributed by atoms with Crippen LogP contribution in [0.2, 0.25) is 0 Å². The van der Waals surface area contributed by atoms with E-state index in [0.29, 0.717) is 0 Å². The van der Waals surface area contributed by atoms with Gasteiger partial charge in [0.05, 0.1) is 0 Å². The Morgan fingerprint density at radius 3 is 1.31 bits per heavy atom. The van der Waals surface area contributed by atoms with Crippen molar-refractivity contribution in [2.75, 3.05) is 0 Å². The average molecular weight is 259 g/mol. The van der Waals surface area contributed by atoms with Gasteiger partial charge in [0.15, 0.2) is 0 Å². The predicted octanol–water partition coefficient (Wildman–Crippen LogP) is 3.44. The Balaban J connectivity index is -0.000000173. The third kappa shape index (κ3) is 19.3. The topological polar surface area (TPSA) is 17.1 Å². The molecule has 0 saturated carbocycles. The number of ketones is 1. The number of hydrogen-bond acceptors (Lipinski definition) is 1. The molecule has 0 aromatic carbocycles. The van der Waals surface area contributed by atoms with Crippen molar-refractivity contribution in [3.63, 3.8) is 0 Å². The van der Waals surface area contributed by atoms with Crippen LogP contribution in [0, 0.1) is 17.8 Å². The minimum absolute atomic E-state index is 0. The molecule has 0 saturated heterocycles. The van der Waals surface area contributed by atoms with Gasteiger partial charge in [-0.05, 0) is 6.92 Å². The summed E-state index contributed by atoms with van der Waals surface area (Å²) in [5.41, 5.74) is 0. The summed E-state index contributed by atoms with van der Waals surface area (Å²) < 4.78 is 0. The van der Waals surface area contributed by atoms with Gasteiger partial charge in [-0.1, -0.05) is 6.92 Å². The predicted molar refractivity (Wildman–Crippen MR) is 54.7 cm³/mol. The second-order valence-corrected chi connectivity index (χ2v) is 3.91. The van der Waals surface area contributed by atoms with E-state index in [1.807, 2.05) is 20.8 Å². The van der Waals surface area contributed by atoms with Crippen LogP contribution < -0.4 is 0 Å². The SMILES string of the molecule is CC(=O)C(C)[C-](C)C.C[C-](C)C.[Y]. The summed E-state index contributed by atoms with van der Waals surface area (Å²) in [6.45, 7) is 13.8. The molecular weight excluding hydrogens is 237 g/mol. The second kappa shape index (κ2) is 10.9. The van der Waals surface area contributed by atoms with Crippen molar-refractivity contribution in [2.45, 2.75) is 48.5 Å². The maximum Gasteiger partial charge on any atom is 0.103 e. The van der Waals surface area contributed by atoms with Crippen LogP contribution in [-0.2, 0) is 37.5 Å². The molecule has 1 atom stereocenters. The minimum atomic E-state index is 0. The van der Waals surface area contributed by atoms with Gasteiger partial charge in [0, 0.05) is 32.7 Å². The van der Waals surface area contributed by atoms with Gasteiger partial charge in [0.1, 0.15) is 5.78 Å². The van der Waals surface area contributed by atoms with Crippen molar-refractivity contribution in [3.05, 3.63) is 11.8 Å². The van der Waals surface area contributed by atoms with Crippen molar-refractivity contribution in [3.8, 4) is 0 Å². The van der Waals surface area contributed by atoms with E-state index in [1.165, 1.54) is 11.8 Å².